The van der Waals surface area contributed by atoms with Crippen LogP contribution in [0.1, 0.15) is 165 Å². The summed E-state index contributed by atoms with van der Waals surface area (Å²) < 4.78 is 14.4. The maximum atomic E-state index is 16.3. The topological polar surface area (TPSA) is 139 Å². The zero-order valence-corrected chi connectivity index (χ0v) is 58.9. The number of rotatable bonds is 14. The molecule has 10 rings (SSSR count). The van der Waals surface area contributed by atoms with Crippen molar-refractivity contribution >= 4 is 70.6 Å². The van der Waals surface area contributed by atoms with Gasteiger partial charge in [0, 0.05) is 44.6 Å². The average Bonchev–Trinajstić information content (AvgIpc) is 1.54. The van der Waals surface area contributed by atoms with Crippen LogP contribution in [0.2, 0.25) is 0 Å². The third-order valence-corrected chi connectivity index (χ3v) is 21.2. The number of aromatic nitrogens is 1. The summed E-state index contributed by atoms with van der Waals surface area (Å²) in [6, 6.07) is 51.1. The van der Waals surface area contributed by atoms with E-state index in [1.54, 1.807) is 12.1 Å². The van der Waals surface area contributed by atoms with Crippen molar-refractivity contribution < 1.29 is 28.7 Å². The first kappa shape index (κ1) is 68.2. The normalized spacial score (nSPS) is 21.7. The lowest BCUT2D eigenvalue weighted by molar-refractivity contribution is -0.164. The van der Waals surface area contributed by atoms with E-state index in [0.29, 0.717) is 56.6 Å². The van der Waals surface area contributed by atoms with Gasteiger partial charge in [-0.05, 0) is 135 Å². The van der Waals surface area contributed by atoms with Crippen LogP contribution in [0, 0.1) is 57.2 Å². The summed E-state index contributed by atoms with van der Waals surface area (Å²) in [5.74, 6) is -1.11. The van der Waals surface area contributed by atoms with Gasteiger partial charge in [0.2, 0.25) is 0 Å². The zero-order chi connectivity index (χ0) is 66.9. The summed E-state index contributed by atoms with van der Waals surface area (Å²) in [5.41, 5.74) is 6.96. The third kappa shape index (κ3) is 15.1. The SMILES string of the molecule is CSc1ccccc1C(=O)NC1=N/C(=C\c2[nH]c(NC(=O)c3ccccc3SC)c(C(=O)OC3C(C(C)(C)C)CC(C)CC3C(C)(C)C)c2-c2ccc(-c3ccccc3)cc2)C(c2ccc(-c3ccccc3)cc2)=C1C(=O)OC1C(C(C)(C)C)CC(C)CC1C(C)(C)C. The molecule has 93 heavy (non-hydrogen) atoms. The van der Waals surface area contributed by atoms with Crippen molar-refractivity contribution in [2.24, 2.45) is 62.2 Å². The summed E-state index contributed by atoms with van der Waals surface area (Å²) in [5, 5.41) is 6.39. The van der Waals surface area contributed by atoms with Gasteiger partial charge < -0.3 is 25.1 Å². The number of anilines is 1. The van der Waals surface area contributed by atoms with E-state index in [1.165, 1.54) is 23.5 Å². The molecule has 3 aliphatic rings. The number of amides is 2. The molecule has 4 unspecified atom stereocenters. The molecule has 0 saturated heterocycles. The number of carbonyl (C=O) groups is 4. The van der Waals surface area contributed by atoms with E-state index in [2.05, 4.69) is 137 Å². The Morgan fingerprint density at radius 3 is 1.26 bits per heavy atom. The molecule has 2 amide bonds. The maximum absolute atomic E-state index is 16.3. The number of nitrogens with one attached hydrogen (secondary N) is 3. The number of aliphatic imine (C=N–C) groups is 1. The molecule has 2 aliphatic carbocycles. The predicted octanol–water partition coefficient (Wildman–Crippen LogP) is 20.3. The van der Waals surface area contributed by atoms with Crippen molar-refractivity contribution in [1.82, 2.24) is 10.3 Å². The highest BCUT2D eigenvalue weighted by Gasteiger charge is 2.51. The first-order valence-electron chi connectivity index (χ1n) is 33.0. The summed E-state index contributed by atoms with van der Waals surface area (Å²) >= 11 is 2.91. The van der Waals surface area contributed by atoms with Gasteiger partial charge in [0.1, 0.15) is 35.0 Å². The highest BCUT2D eigenvalue weighted by Crippen LogP contribution is 2.53. The number of H-pyrrole nitrogens is 1. The molecular formula is C81H94N4O6S2. The number of esters is 2. The lowest BCUT2D eigenvalue weighted by Crippen LogP contribution is -2.50. The van der Waals surface area contributed by atoms with Crippen LogP contribution < -0.4 is 10.6 Å². The Kier molecular flexibility index (Phi) is 20.3. The smallest absolute Gasteiger partial charge is 0.342 e. The number of hydrogen-bond acceptors (Lipinski definition) is 9. The van der Waals surface area contributed by atoms with Gasteiger partial charge in [0.15, 0.2) is 0 Å². The van der Waals surface area contributed by atoms with Gasteiger partial charge in [-0.15, -0.1) is 23.5 Å². The van der Waals surface area contributed by atoms with E-state index in [1.807, 2.05) is 140 Å². The molecule has 0 bridgehead atoms. The minimum absolute atomic E-state index is 0.00213. The van der Waals surface area contributed by atoms with Crippen molar-refractivity contribution in [2.45, 2.75) is 145 Å². The lowest BCUT2D eigenvalue weighted by Gasteiger charge is -2.50. The molecule has 4 atom stereocenters. The van der Waals surface area contributed by atoms with E-state index >= 15 is 19.2 Å². The third-order valence-electron chi connectivity index (χ3n) is 19.6. The molecule has 0 radical (unpaired) electrons. The molecule has 12 heteroatoms. The van der Waals surface area contributed by atoms with Crippen LogP contribution in [-0.4, -0.2) is 59.3 Å². The molecule has 6 aromatic carbocycles. The maximum Gasteiger partial charge on any atom is 0.342 e. The highest BCUT2D eigenvalue weighted by molar-refractivity contribution is 7.99. The summed E-state index contributed by atoms with van der Waals surface area (Å²) in [6.07, 6.45) is 8.22. The number of benzene rings is 6. The van der Waals surface area contributed by atoms with Gasteiger partial charge in [-0.3, -0.25) is 9.59 Å². The second-order valence-electron chi connectivity index (χ2n) is 30.4. The summed E-state index contributed by atoms with van der Waals surface area (Å²) in [6.45, 7) is 31.4. The quantitative estimate of drug-likeness (QED) is 0.0723. The molecule has 0 spiro atoms. The monoisotopic (exact) mass is 1280 g/mol. The fourth-order valence-corrected chi connectivity index (χ4v) is 15.8. The first-order valence-corrected chi connectivity index (χ1v) is 35.4. The molecule has 7 aromatic rings. The number of allylic oxidation sites excluding steroid dienone is 1. The van der Waals surface area contributed by atoms with E-state index < -0.39 is 36.0 Å². The molecule has 2 fully saturated rings. The predicted molar refractivity (Wildman–Crippen MR) is 385 cm³/mol. The van der Waals surface area contributed by atoms with Crippen LogP contribution in [0.4, 0.5) is 5.82 Å². The number of nitrogens with zero attached hydrogens (tertiary/aromatic N) is 1. The highest BCUT2D eigenvalue weighted by atomic mass is 32.2. The van der Waals surface area contributed by atoms with Crippen LogP contribution in [0.3, 0.4) is 0 Å². The Morgan fingerprint density at radius 2 is 0.839 bits per heavy atom. The second-order valence-corrected chi connectivity index (χ2v) is 32.1. The summed E-state index contributed by atoms with van der Waals surface area (Å²) in [7, 11) is 0. The van der Waals surface area contributed by atoms with Crippen molar-refractivity contribution in [3.05, 3.63) is 197 Å². The van der Waals surface area contributed by atoms with Crippen LogP contribution in [0.15, 0.2) is 184 Å². The molecule has 486 valence electrons. The molecule has 3 N–H and O–H groups in total. The van der Waals surface area contributed by atoms with Crippen molar-refractivity contribution in [2.75, 3.05) is 17.8 Å². The van der Waals surface area contributed by atoms with Crippen molar-refractivity contribution in [3.8, 4) is 33.4 Å². The minimum atomic E-state index is -0.614. The number of hydrogen-bond donors (Lipinski definition) is 3. The van der Waals surface area contributed by atoms with Gasteiger partial charge in [0.05, 0.1) is 22.5 Å². The fraction of sp³-hybridized carbons (Fsp3) is 0.395. The molecule has 2 saturated carbocycles. The van der Waals surface area contributed by atoms with E-state index in [-0.39, 0.29) is 68.1 Å². The Bertz CT molecular complexity index is 3920. The summed E-state index contributed by atoms with van der Waals surface area (Å²) in [4.78, 5) is 73.3. The number of carbonyl (C=O) groups excluding carboxylic acids is 4. The Balaban J connectivity index is 1.26. The van der Waals surface area contributed by atoms with Crippen LogP contribution in [-0.2, 0) is 14.3 Å². The minimum Gasteiger partial charge on any atom is -0.458 e. The number of amidine groups is 1. The molecule has 1 aromatic heterocycles. The number of ether oxygens (including phenoxy) is 2. The fourth-order valence-electron chi connectivity index (χ4n) is 14.6. The van der Waals surface area contributed by atoms with Crippen LogP contribution in [0.5, 0.6) is 0 Å². The lowest BCUT2D eigenvalue weighted by atomic mass is 9.59. The van der Waals surface area contributed by atoms with Gasteiger partial charge in [-0.2, -0.15) is 0 Å². The molecule has 10 nitrogen and oxygen atoms in total. The standard InChI is InChI=1S/C81H94N4O6S2/c1-48-43-58(78(3,4)5)70(59(44-48)79(6,7)8)90-76(88)68-66(54-39-35-52(36-40-54)50-27-19-17-20-28-50)62(82-72(68)84-74(86)56-31-23-25-33-64(56)92-15)47-63-67(55-41-37-53(38-42-55)51-29-21-18-22-30-51)69(73(83-63)85-75(87)57-32-24-26-34-65(57)93-16)77(89)91-71-60(80(9,10)11)45-49(2)46-61(71)81(12,13)14/h17-42,47-49,58-61,70-71,82H,43-46H2,1-16H3,(H,84,86)(H,83,85,87)/b63-47-. The van der Waals surface area contributed by atoms with Gasteiger partial charge in [0.25, 0.3) is 11.8 Å². The number of aromatic amines is 1. The van der Waals surface area contributed by atoms with Gasteiger partial charge >= 0.3 is 11.9 Å². The van der Waals surface area contributed by atoms with E-state index in [4.69, 9.17) is 14.5 Å². The van der Waals surface area contributed by atoms with Crippen molar-refractivity contribution in [1.29, 1.82) is 0 Å². The van der Waals surface area contributed by atoms with Gasteiger partial charge in [-0.25, -0.2) is 14.6 Å². The van der Waals surface area contributed by atoms with Crippen LogP contribution in [0.25, 0.3) is 45.0 Å². The van der Waals surface area contributed by atoms with E-state index in [0.717, 1.165) is 57.7 Å². The zero-order valence-electron chi connectivity index (χ0n) is 57.2. The average molecular weight is 1280 g/mol. The molecule has 2 heterocycles. The largest absolute Gasteiger partial charge is 0.458 e. The van der Waals surface area contributed by atoms with Crippen molar-refractivity contribution in [3.63, 3.8) is 0 Å². The van der Waals surface area contributed by atoms with E-state index in [9.17, 15) is 0 Å². The molecular weight excluding hydrogens is 1190 g/mol. The second kappa shape index (κ2) is 27.7. The Hall–Kier alpha value is -7.67. The van der Waals surface area contributed by atoms with Gasteiger partial charge in [-0.1, -0.05) is 230 Å². The molecule has 1 aliphatic heterocycles. The number of thioether (sulfide) groups is 2. The van der Waals surface area contributed by atoms with Crippen LogP contribution >= 0.6 is 23.5 Å². The Morgan fingerprint density at radius 1 is 0.473 bits per heavy atom. The Labute approximate surface area is 561 Å². The first-order chi connectivity index (χ1) is 44.0.